The highest BCUT2D eigenvalue weighted by Crippen LogP contribution is 2.38. The van der Waals surface area contributed by atoms with Crippen molar-refractivity contribution in [1.82, 2.24) is 19.8 Å². The van der Waals surface area contributed by atoms with E-state index in [-0.39, 0.29) is 23.3 Å². The lowest BCUT2D eigenvalue weighted by atomic mass is 9.98. The molecular weight excluding hydrogens is 432 g/mol. The summed E-state index contributed by atoms with van der Waals surface area (Å²) in [5.74, 6) is 0.482. The standard InChI is InChI=1S/C26H32N4O4/c1-17(2)22-12-23(25(33)13-24(22)32)26-28-15-21(14-27-18(3)31)30(26)20-6-4-19(5-7-20)16-29-8-10-34-11-9-29/h4-7,12-13,15,17,32-33H,8-11,14,16H2,1-3H3,(H,27,31). The van der Waals surface area contributed by atoms with E-state index in [1.54, 1.807) is 12.3 Å². The number of nitrogens with zero attached hydrogens (tertiary/aromatic N) is 3. The van der Waals surface area contributed by atoms with E-state index in [1.165, 1.54) is 18.6 Å². The van der Waals surface area contributed by atoms with Crippen molar-refractivity contribution in [2.75, 3.05) is 26.3 Å². The molecule has 1 aliphatic heterocycles. The summed E-state index contributed by atoms with van der Waals surface area (Å²) in [6.07, 6.45) is 1.70. The number of phenolic OH excluding ortho intramolecular Hbond substituents is 2. The van der Waals surface area contributed by atoms with Crippen LogP contribution in [0.25, 0.3) is 17.1 Å². The lowest BCUT2D eigenvalue weighted by Crippen LogP contribution is -2.35. The van der Waals surface area contributed by atoms with Crippen LogP contribution in [0.15, 0.2) is 42.6 Å². The predicted molar refractivity (Wildman–Crippen MR) is 130 cm³/mol. The van der Waals surface area contributed by atoms with Crippen LogP contribution in [0.1, 0.15) is 43.5 Å². The zero-order chi connectivity index (χ0) is 24.2. The largest absolute Gasteiger partial charge is 0.508 e. The van der Waals surface area contributed by atoms with Crippen LogP contribution in [0.4, 0.5) is 0 Å². The van der Waals surface area contributed by atoms with Crippen molar-refractivity contribution in [2.45, 2.75) is 39.8 Å². The van der Waals surface area contributed by atoms with Crippen molar-refractivity contribution in [1.29, 1.82) is 0 Å². The molecule has 2 aromatic carbocycles. The second kappa shape index (κ2) is 10.3. The molecule has 0 radical (unpaired) electrons. The van der Waals surface area contributed by atoms with Crippen molar-refractivity contribution in [3.8, 4) is 28.6 Å². The average Bonchev–Trinajstić information content (AvgIpc) is 3.22. The third-order valence-electron chi connectivity index (χ3n) is 6.07. The molecule has 1 saturated heterocycles. The lowest BCUT2D eigenvalue weighted by molar-refractivity contribution is -0.119. The van der Waals surface area contributed by atoms with E-state index in [0.29, 0.717) is 17.9 Å². The molecule has 180 valence electrons. The molecule has 0 atom stereocenters. The van der Waals surface area contributed by atoms with Crippen LogP contribution in [0, 0.1) is 0 Å². The quantitative estimate of drug-likeness (QED) is 0.495. The van der Waals surface area contributed by atoms with Gasteiger partial charge in [0.2, 0.25) is 5.91 Å². The Bertz CT molecular complexity index is 1150. The molecule has 0 aliphatic carbocycles. The zero-order valence-electron chi connectivity index (χ0n) is 19.9. The molecule has 1 aliphatic rings. The zero-order valence-corrected chi connectivity index (χ0v) is 19.9. The van der Waals surface area contributed by atoms with Gasteiger partial charge in [-0.3, -0.25) is 14.3 Å². The van der Waals surface area contributed by atoms with Crippen LogP contribution in [-0.2, 0) is 22.6 Å². The normalized spacial score (nSPS) is 14.5. The highest BCUT2D eigenvalue weighted by molar-refractivity contribution is 5.73. The maximum Gasteiger partial charge on any atom is 0.217 e. The van der Waals surface area contributed by atoms with Crippen molar-refractivity contribution in [2.24, 2.45) is 0 Å². The number of ether oxygens (including phenoxy) is 1. The summed E-state index contributed by atoms with van der Waals surface area (Å²) in [5.41, 5.74) is 4.10. The Morgan fingerprint density at radius 3 is 2.47 bits per heavy atom. The third kappa shape index (κ3) is 5.24. The highest BCUT2D eigenvalue weighted by atomic mass is 16.5. The molecule has 3 aromatic rings. The Kier molecular flexibility index (Phi) is 7.19. The Balaban J connectivity index is 1.73. The molecule has 0 bridgehead atoms. The number of aromatic hydroxyl groups is 2. The van der Waals surface area contributed by atoms with Crippen molar-refractivity contribution in [3.05, 3.63) is 59.4 Å². The Morgan fingerprint density at radius 2 is 1.82 bits per heavy atom. The van der Waals surface area contributed by atoms with Crippen LogP contribution < -0.4 is 5.32 Å². The lowest BCUT2D eigenvalue weighted by Gasteiger charge is -2.26. The monoisotopic (exact) mass is 464 g/mol. The van der Waals surface area contributed by atoms with Gasteiger partial charge < -0.3 is 20.3 Å². The number of carbonyl (C=O) groups excluding carboxylic acids is 1. The number of hydrogen-bond acceptors (Lipinski definition) is 6. The number of morpholine rings is 1. The number of amides is 1. The van der Waals surface area contributed by atoms with Gasteiger partial charge in [-0.1, -0.05) is 26.0 Å². The molecule has 0 saturated carbocycles. The molecule has 34 heavy (non-hydrogen) atoms. The minimum absolute atomic E-state index is 0.0521. The topological polar surface area (TPSA) is 99.8 Å². The SMILES string of the molecule is CC(=O)NCc1cnc(-c2cc(C(C)C)c(O)cc2O)n1-c1ccc(CN2CCOCC2)cc1. The average molecular weight is 465 g/mol. The van der Waals surface area contributed by atoms with Gasteiger partial charge in [0.05, 0.1) is 37.2 Å². The summed E-state index contributed by atoms with van der Waals surface area (Å²) in [4.78, 5) is 18.5. The molecule has 1 aromatic heterocycles. The summed E-state index contributed by atoms with van der Waals surface area (Å²) in [7, 11) is 0. The van der Waals surface area contributed by atoms with Gasteiger partial charge in [-0.2, -0.15) is 0 Å². The number of rotatable bonds is 7. The van der Waals surface area contributed by atoms with E-state index in [4.69, 9.17) is 4.74 Å². The number of imidazole rings is 1. The second-order valence-electron chi connectivity index (χ2n) is 8.96. The molecule has 1 amide bonds. The summed E-state index contributed by atoms with van der Waals surface area (Å²) in [6, 6.07) is 11.4. The minimum atomic E-state index is -0.135. The number of aromatic nitrogens is 2. The first-order valence-electron chi connectivity index (χ1n) is 11.6. The van der Waals surface area contributed by atoms with Gasteiger partial charge in [0, 0.05) is 38.3 Å². The van der Waals surface area contributed by atoms with Gasteiger partial charge in [0.25, 0.3) is 0 Å². The fourth-order valence-corrected chi connectivity index (χ4v) is 4.21. The second-order valence-corrected chi connectivity index (χ2v) is 8.96. The van der Waals surface area contributed by atoms with Gasteiger partial charge in [-0.05, 0) is 35.2 Å². The van der Waals surface area contributed by atoms with Crippen LogP contribution in [0.5, 0.6) is 11.5 Å². The Labute approximate surface area is 199 Å². The van der Waals surface area contributed by atoms with Crippen molar-refractivity contribution < 1.29 is 19.7 Å². The van der Waals surface area contributed by atoms with Crippen molar-refractivity contribution >= 4 is 5.91 Å². The van der Waals surface area contributed by atoms with Crippen LogP contribution in [0.2, 0.25) is 0 Å². The third-order valence-corrected chi connectivity index (χ3v) is 6.07. The van der Waals surface area contributed by atoms with E-state index in [2.05, 4.69) is 27.3 Å². The first-order chi connectivity index (χ1) is 16.3. The fraction of sp³-hybridized carbons (Fsp3) is 0.385. The summed E-state index contributed by atoms with van der Waals surface area (Å²) in [5, 5.41) is 23.8. The molecule has 2 heterocycles. The number of phenols is 2. The van der Waals surface area contributed by atoms with Crippen LogP contribution in [-0.4, -0.2) is 56.9 Å². The van der Waals surface area contributed by atoms with Crippen molar-refractivity contribution in [3.63, 3.8) is 0 Å². The Morgan fingerprint density at radius 1 is 1.12 bits per heavy atom. The minimum Gasteiger partial charge on any atom is -0.508 e. The summed E-state index contributed by atoms with van der Waals surface area (Å²) >= 11 is 0. The van der Waals surface area contributed by atoms with Crippen LogP contribution >= 0.6 is 0 Å². The molecule has 0 unspecified atom stereocenters. The summed E-state index contributed by atoms with van der Waals surface area (Å²) in [6.45, 7) is 9.97. The van der Waals surface area contributed by atoms with Gasteiger partial charge in [-0.25, -0.2) is 4.98 Å². The van der Waals surface area contributed by atoms with E-state index in [1.807, 2.05) is 30.5 Å². The molecule has 8 heteroatoms. The van der Waals surface area contributed by atoms with Gasteiger partial charge in [-0.15, -0.1) is 0 Å². The predicted octanol–water partition coefficient (Wildman–Crippen LogP) is 3.54. The van der Waals surface area contributed by atoms with E-state index < -0.39 is 0 Å². The number of carbonyl (C=O) groups is 1. The smallest absolute Gasteiger partial charge is 0.217 e. The number of hydrogen-bond donors (Lipinski definition) is 3. The first kappa shape index (κ1) is 23.8. The molecule has 0 spiro atoms. The molecule has 3 N–H and O–H groups in total. The van der Waals surface area contributed by atoms with Gasteiger partial charge in [0.15, 0.2) is 0 Å². The van der Waals surface area contributed by atoms with E-state index in [0.717, 1.165) is 49.8 Å². The molecular formula is C26H32N4O4. The maximum atomic E-state index is 11.6. The summed E-state index contributed by atoms with van der Waals surface area (Å²) < 4.78 is 7.37. The van der Waals surface area contributed by atoms with E-state index >= 15 is 0 Å². The molecule has 1 fully saturated rings. The number of benzene rings is 2. The number of nitrogens with one attached hydrogen (secondary N) is 1. The molecule has 8 nitrogen and oxygen atoms in total. The highest BCUT2D eigenvalue weighted by Gasteiger charge is 2.20. The van der Waals surface area contributed by atoms with Gasteiger partial charge in [0.1, 0.15) is 17.3 Å². The van der Waals surface area contributed by atoms with Gasteiger partial charge >= 0.3 is 0 Å². The van der Waals surface area contributed by atoms with E-state index in [9.17, 15) is 15.0 Å². The maximum absolute atomic E-state index is 11.6. The Hall–Kier alpha value is -3.36. The molecule has 4 rings (SSSR count). The van der Waals surface area contributed by atoms with Crippen LogP contribution in [0.3, 0.4) is 0 Å². The fourth-order valence-electron chi connectivity index (χ4n) is 4.21. The first-order valence-corrected chi connectivity index (χ1v) is 11.6.